The van der Waals surface area contributed by atoms with E-state index in [0.29, 0.717) is 25.0 Å². The molecule has 0 atom stereocenters. The SMILES string of the molecule is CCNC(=NCC(=O)N(CC)Cc1ccccc1)NCCC(C)C. The number of aliphatic imine (C=N–C) groups is 1. The highest BCUT2D eigenvalue weighted by Gasteiger charge is 2.12. The Morgan fingerprint density at radius 1 is 1.17 bits per heavy atom. The summed E-state index contributed by atoms with van der Waals surface area (Å²) in [7, 11) is 0. The molecule has 0 aromatic heterocycles. The normalized spacial score (nSPS) is 11.5. The lowest BCUT2D eigenvalue weighted by atomic mass is 10.1. The van der Waals surface area contributed by atoms with Gasteiger partial charge in [0.25, 0.3) is 0 Å². The summed E-state index contributed by atoms with van der Waals surface area (Å²) < 4.78 is 0. The molecule has 1 amide bonds. The molecule has 0 aliphatic carbocycles. The van der Waals surface area contributed by atoms with E-state index in [2.05, 4.69) is 29.5 Å². The number of likely N-dealkylation sites (N-methyl/N-ethyl adjacent to an activating group) is 1. The van der Waals surface area contributed by atoms with Crippen molar-refractivity contribution in [2.45, 2.75) is 40.7 Å². The van der Waals surface area contributed by atoms with Crippen molar-refractivity contribution < 1.29 is 4.79 Å². The number of rotatable bonds is 9. The topological polar surface area (TPSA) is 56.7 Å². The molecule has 0 unspecified atom stereocenters. The molecule has 134 valence electrons. The molecule has 24 heavy (non-hydrogen) atoms. The molecule has 0 heterocycles. The first-order valence-corrected chi connectivity index (χ1v) is 8.90. The molecule has 1 aromatic carbocycles. The first kappa shape index (κ1) is 20.0. The van der Waals surface area contributed by atoms with Gasteiger partial charge in [-0.1, -0.05) is 44.2 Å². The lowest BCUT2D eigenvalue weighted by Crippen LogP contribution is -2.39. The molecule has 2 N–H and O–H groups in total. The Hall–Kier alpha value is -2.04. The minimum absolute atomic E-state index is 0.0439. The summed E-state index contributed by atoms with van der Waals surface area (Å²) in [5, 5.41) is 6.47. The lowest BCUT2D eigenvalue weighted by molar-refractivity contribution is -0.130. The second-order valence-corrected chi connectivity index (χ2v) is 6.20. The Labute approximate surface area is 146 Å². The van der Waals surface area contributed by atoms with Gasteiger partial charge in [-0.2, -0.15) is 0 Å². The molecule has 1 rings (SSSR count). The van der Waals surface area contributed by atoms with Gasteiger partial charge in [0.2, 0.25) is 5.91 Å². The van der Waals surface area contributed by atoms with Crippen LogP contribution in [0.4, 0.5) is 0 Å². The molecule has 0 radical (unpaired) electrons. The van der Waals surface area contributed by atoms with Crippen LogP contribution in [0.2, 0.25) is 0 Å². The molecule has 5 heteroatoms. The number of hydrogen-bond donors (Lipinski definition) is 2. The van der Waals surface area contributed by atoms with Crippen LogP contribution in [0, 0.1) is 5.92 Å². The summed E-state index contributed by atoms with van der Waals surface area (Å²) in [6.45, 7) is 11.5. The van der Waals surface area contributed by atoms with Gasteiger partial charge in [-0.15, -0.1) is 0 Å². The molecule has 0 bridgehead atoms. The van der Waals surface area contributed by atoms with Crippen LogP contribution in [0.25, 0.3) is 0 Å². The largest absolute Gasteiger partial charge is 0.357 e. The third-order valence-electron chi connectivity index (χ3n) is 3.68. The summed E-state index contributed by atoms with van der Waals surface area (Å²) in [5.74, 6) is 1.40. The summed E-state index contributed by atoms with van der Waals surface area (Å²) in [5.41, 5.74) is 1.14. The second kappa shape index (κ2) is 11.5. The fourth-order valence-electron chi connectivity index (χ4n) is 2.25. The third kappa shape index (κ3) is 7.99. The third-order valence-corrected chi connectivity index (χ3v) is 3.68. The van der Waals surface area contributed by atoms with Gasteiger partial charge in [-0.05, 0) is 31.7 Å². The van der Waals surface area contributed by atoms with Crippen LogP contribution in [-0.2, 0) is 11.3 Å². The van der Waals surface area contributed by atoms with Gasteiger partial charge in [0.05, 0.1) is 0 Å². The molecule has 0 aliphatic heterocycles. The van der Waals surface area contributed by atoms with Gasteiger partial charge in [0.1, 0.15) is 6.54 Å². The number of hydrogen-bond acceptors (Lipinski definition) is 2. The molecule has 0 spiro atoms. The maximum Gasteiger partial charge on any atom is 0.244 e. The van der Waals surface area contributed by atoms with Crippen molar-refractivity contribution in [2.24, 2.45) is 10.9 Å². The van der Waals surface area contributed by atoms with Crippen molar-refractivity contribution in [1.82, 2.24) is 15.5 Å². The lowest BCUT2D eigenvalue weighted by Gasteiger charge is -2.20. The molecule has 0 saturated carbocycles. The van der Waals surface area contributed by atoms with E-state index >= 15 is 0 Å². The molecular weight excluding hydrogens is 300 g/mol. The van der Waals surface area contributed by atoms with Gasteiger partial charge in [0, 0.05) is 26.2 Å². The van der Waals surface area contributed by atoms with Gasteiger partial charge in [0.15, 0.2) is 5.96 Å². The van der Waals surface area contributed by atoms with E-state index in [4.69, 9.17) is 0 Å². The van der Waals surface area contributed by atoms with E-state index < -0.39 is 0 Å². The number of guanidine groups is 1. The van der Waals surface area contributed by atoms with E-state index in [0.717, 1.165) is 25.1 Å². The monoisotopic (exact) mass is 332 g/mol. The highest BCUT2D eigenvalue weighted by molar-refractivity contribution is 5.84. The summed E-state index contributed by atoms with van der Waals surface area (Å²) in [6, 6.07) is 10.0. The van der Waals surface area contributed by atoms with Gasteiger partial charge in [-0.25, -0.2) is 4.99 Å². The number of carbonyl (C=O) groups is 1. The van der Waals surface area contributed by atoms with E-state index in [-0.39, 0.29) is 12.5 Å². The number of nitrogens with zero attached hydrogens (tertiary/aromatic N) is 2. The Morgan fingerprint density at radius 2 is 1.88 bits per heavy atom. The number of amides is 1. The predicted molar refractivity (Wildman–Crippen MR) is 101 cm³/mol. The molecule has 0 fully saturated rings. The van der Waals surface area contributed by atoms with Crippen LogP contribution in [-0.4, -0.2) is 42.9 Å². The summed E-state index contributed by atoms with van der Waals surface area (Å²) in [6.07, 6.45) is 1.08. The van der Waals surface area contributed by atoms with Gasteiger partial charge < -0.3 is 15.5 Å². The number of benzene rings is 1. The van der Waals surface area contributed by atoms with Gasteiger partial charge in [-0.3, -0.25) is 4.79 Å². The smallest absolute Gasteiger partial charge is 0.244 e. The van der Waals surface area contributed by atoms with Crippen molar-refractivity contribution in [3.63, 3.8) is 0 Å². The van der Waals surface area contributed by atoms with Crippen LogP contribution in [0.3, 0.4) is 0 Å². The average molecular weight is 332 g/mol. The van der Waals surface area contributed by atoms with E-state index in [1.54, 1.807) is 0 Å². The maximum absolute atomic E-state index is 12.4. The Morgan fingerprint density at radius 3 is 2.46 bits per heavy atom. The quantitative estimate of drug-likeness (QED) is 0.540. The summed E-state index contributed by atoms with van der Waals surface area (Å²) in [4.78, 5) is 18.7. The van der Waals surface area contributed by atoms with E-state index in [9.17, 15) is 4.79 Å². The average Bonchev–Trinajstić information content (AvgIpc) is 2.57. The van der Waals surface area contributed by atoms with Crippen LogP contribution in [0.15, 0.2) is 35.3 Å². The molecule has 0 saturated heterocycles. The number of carbonyl (C=O) groups excluding carboxylic acids is 1. The first-order chi connectivity index (χ1) is 11.6. The van der Waals surface area contributed by atoms with E-state index in [1.165, 1.54) is 0 Å². The molecule has 0 aliphatic rings. The highest BCUT2D eigenvalue weighted by atomic mass is 16.2. The fraction of sp³-hybridized carbons (Fsp3) is 0.579. The second-order valence-electron chi connectivity index (χ2n) is 6.20. The van der Waals surface area contributed by atoms with Crippen LogP contribution >= 0.6 is 0 Å². The predicted octanol–water partition coefficient (Wildman–Crippen LogP) is 2.64. The zero-order valence-electron chi connectivity index (χ0n) is 15.5. The Bertz CT molecular complexity index is 499. The Balaban J connectivity index is 2.56. The highest BCUT2D eigenvalue weighted by Crippen LogP contribution is 2.04. The van der Waals surface area contributed by atoms with Crippen LogP contribution in [0.5, 0.6) is 0 Å². The molecule has 1 aromatic rings. The number of nitrogens with one attached hydrogen (secondary N) is 2. The first-order valence-electron chi connectivity index (χ1n) is 8.90. The van der Waals surface area contributed by atoms with Crippen molar-refractivity contribution in [3.05, 3.63) is 35.9 Å². The van der Waals surface area contributed by atoms with Crippen LogP contribution < -0.4 is 10.6 Å². The maximum atomic E-state index is 12.4. The van der Waals surface area contributed by atoms with Crippen molar-refractivity contribution in [2.75, 3.05) is 26.2 Å². The standard InChI is InChI=1S/C19H32N4O/c1-5-20-19(21-13-12-16(3)4)22-14-18(24)23(6-2)15-17-10-8-7-9-11-17/h7-11,16H,5-6,12-15H2,1-4H3,(H2,20,21,22). The molecule has 5 nitrogen and oxygen atoms in total. The van der Waals surface area contributed by atoms with Crippen molar-refractivity contribution >= 4 is 11.9 Å². The van der Waals surface area contributed by atoms with E-state index in [1.807, 2.05) is 49.1 Å². The summed E-state index contributed by atoms with van der Waals surface area (Å²) >= 11 is 0. The van der Waals surface area contributed by atoms with Crippen molar-refractivity contribution in [1.29, 1.82) is 0 Å². The zero-order valence-corrected chi connectivity index (χ0v) is 15.5. The minimum atomic E-state index is 0.0439. The van der Waals surface area contributed by atoms with Crippen LogP contribution in [0.1, 0.15) is 39.7 Å². The molecular formula is C19H32N4O. The fourth-order valence-corrected chi connectivity index (χ4v) is 2.25. The van der Waals surface area contributed by atoms with Crippen molar-refractivity contribution in [3.8, 4) is 0 Å². The minimum Gasteiger partial charge on any atom is -0.357 e. The zero-order chi connectivity index (χ0) is 17.8. The Kier molecular flexibility index (Phi) is 9.58. The van der Waals surface area contributed by atoms with Gasteiger partial charge >= 0.3 is 0 Å².